The lowest BCUT2D eigenvalue weighted by Crippen LogP contribution is -1.85. The van der Waals surface area contributed by atoms with Crippen LogP contribution in [0, 0.1) is 5.82 Å². The van der Waals surface area contributed by atoms with E-state index in [0.717, 1.165) is 0 Å². The predicted octanol–water partition coefficient (Wildman–Crippen LogP) is 3.08. The molecule has 0 atom stereocenters. The van der Waals surface area contributed by atoms with Crippen LogP contribution >= 0.6 is 11.6 Å². The molecule has 4 nitrogen and oxygen atoms in total. The molecule has 3 rings (SSSR count). The number of hydrogen-bond donors (Lipinski definition) is 0. The minimum absolute atomic E-state index is 0.0882. The molecule has 0 fully saturated rings. The second-order valence-corrected chi connectivity index (χ2v) is 3.66. The van der Waals surface area contributed by atoms with Crippen LogP contribution in [0.2, 0.25) is 5.28 Å². The summed E-state index contributed by atoms with van der Waals surface area (Å²) >= 11 is 5.66. The van der Waals surface area contributed by atoms with Crippen molar-refractivity contribution >= 4 is 22.7 Å². The molecule has 3 aromatic rings. The first-order chi connectivity index (χ1) is 8.24. The summed E-state index contributed by atoms with van der Waals surface area (Å²) in [6, 6.07) is 6.13. The van der Waals surface area contributed by atoms with Gasteiger partial charge in [-0.05, 0) is 29.8 Å². The van der Waals surface area contributed by atoms with Crippen LogP contribution < -0.4 is 0 Å². The van der Waals surface area contributed by atoms with E-state index in [2.05, 4.69) is 15.0 Å². The van der Waals surface area contributed by atoms with Gasteiger partial charge in [0.2, 0.25) is 11.2 Å². The molecule has 2 heterocycles. The van der Waals surface area contributed by atoms with Crippen LogP contribution in [-0.4, -0.2) is 15.0 Å². The van der Waals surface area contributed by atoms with Crippen molar-refractivity contribution in [3.05, 3.63) is 41.6 Å². The molecular formula is C11H5ClFN3O. The summed E-state index contributed by atoms with van der Waals surface area (Å²) < 4.78 is 18.7. The lowest BCUT2D eigenvalue weighted by molar-refractivity contribution is 0.563. The number of benzene rings is 1. The highest BCUT2D eigenvalue weighted by atomic mass is 35.5. The molecule has 1 aromatic carbocycles. The van der Waals surface area contributed by atoms with E-state index < -0.39 is 5.82 Å². The Morgan fingerprint density at radius 2 is 2.06 bits per heavy atom. The zero-order valence-electron chi connectivity index (χ0n) is 8.39. The molecule has 0 spiro atoms. The lowest BCUT2D eigenvalue weighted by Gasteiger charge is -1.93. The van der Waals surface area contributed by atoms with Gasteiger partial charge in [0, 0.05) is 6.20 Å². The van der Waals surface area contributed by atoms with Crippen molar-refractivity contribution in [2.45, 2.75) is 0 Å². The van der Waals surface area contributed by atoms with Gasteiger partial charge in [-0.15, -0.1) is 0 Å². The summed E-state index contributed by atoms with van der Waals surface area (Å²) in [5, 5.41) is 0.0882. The van der Waals surface area contributed by atoms with Crippen molar-refractivity contribution in [1.29, 1.82) is 0 Å². The normalized spacial score (nSPS) is 10.9. The molecule has 0 aliphatic heterocycles. The Labute approximate surface area is 100 Å². The Hall–Kier alpha value is -2.01. The van der Waals surface area contributed by atoms with E-state index in [-0.39, 0.29) is 16.8 Å². The Bertz CT molecular complexity index is 698. The van der Waals surface area contributed by atoms with E-state index in [9.17, 15) is 4.39 Å². The van der Waals surface area contributed by atoms with E-state index in [1.165, 1.54) is 12.3 Å². The van der Waals surface area contributed by atoms with Gasteiger partial charge in [0.25, 0.3) is 0 Å². The number of hydrogen-bond acceptors (Lipinski definition) is 4. The summed E-state index contributed by atoms with van der Waals surface area (Å²) in [6.07, 6.45) is 1.48. The first kappa shape index (κ1) is 10.2. The summed E-state index contributed by atoms with van der Waals surface area (Å²) in [4.78, 5) is 11.8. The molecule has 6 heteroatoms. The molecule has 0 bridgehead atoms. The fourth-order valence-electron chi connectivity index (χ4n) is 1.48. The van der Waals surface area contributed by atoms with Crippen molar-refractivity contribution in [2.75, 3.05) is 0 Å². The third-order valence-corrected chi connectivity index (χ3v) is 2.39. The Morgan fingerprint density at radius 3 is 2.82 bits per heavy atom. The Morgan fingerprint density at radius 1 is 1.18 bits per heavy atom. The maximum atomic E-state index is 13.4. The van der Waals surface area contributed by atoms with Crippen molar-refractivity contribution in [2.24, 2.45) is 0 Å². The third-order valence-electron chi connectivity index (χ3n) is 2.21. The lowest BCUT2D eigenvalue weighted by atomic mass is 10.3. The topological polar surface area (TPSA) is 51.8 Å². The van der Waals surface area contributed by atoms with Crippen molar-refractivity contribution in [3.8, 4) is 11.6 Å². The van der Waals surface area contributed by atoms with Gasteiger partial charge in [-0.25, -0.2) is 19.3 Å². The van der Waals surface area contributed by atoms with Crippen LogP contribution in [0.3, 0.4) is 0 Å². The van der Waals surface area contributed by atoms with Crippen LogP contribution in [0.5, 0.6) is 0 Å². The number of para-hydroxylation sites is 1. The average molecular weight is 250 g/mol. The molecule has 0 saturated heterocycles. The van der Waals surface area contributed by atoms with Gasteiger partial charge >= 0.3 is 0 Å². The van der Waals surface area contributed by atoms with Gasteiger partial charge in [0.15, 0.2) is 11.4 Å². The van der Waals surface area contributed by atoms with Crippen molar-refractivity contribution < 1.29 is 8.81 Å². The third kappa shape index (κ3) is 1.74. The summed E-state index contributed by atoms with van der Waals surface area (Å²) in [7, 11) is 0. The van der Waals surface area contributed by atoms with Gasteiger partial charge in [-0.2, -0.15) is 0 Å². The van der Waals surface area contributed by atoms with Gasteiger partial charge < -0.3 is 4.42 Å². The minimum atomic E-state index is -0.457. The summed E-state index contributed by atoms with van der Waals surface area (Å²) in [6.45, 7) is 0. The molecule has 84 valence electrons. The molecular weight excluding hydrogens is 245 g/mol. The van der Waals surface area contributed by atoms with Crippen molar-refractivity contribution in [3.63, 3.8) is 0 Å². The standard InChI is InChI=1S/C11H5ClFN3O/c12-11-14-5-4-8(16-11)10-15-7-3-1-2-6(13)9(7)17-10/h1-5H. The van der Waals surface area contributed by atoms with Crippen molar-refractivity contribution in [1.82, 2.24) is 15.0 Å². The van der Waals surface area contributed by atoms with E-state index in [0.29, 0.717) is 11.2 Å². The number of nitrogens with zero attached hydrogens (tertiary/aromatic N) is 3. The maximum absolute atomic E-state index is 13.4. The molecule has 0 saturated carbocycles. The quantitative estimate of drug-likeness (QED) is 0.622. The maximum Gasteiger partial charge on any atom is 0.246 e. The number of oxazole rings is 1. The molecule has 0 aliphatic carbocycles. The second-order valence-electron chi connectivity index (χ2n) is 3.32. The van der Waals surface area contributed by atoms with Gasteiger partial charge in [0.1, 0.15) is 11.2 Å². The highest BCUT2D eigenvalue weighted by molar-refractivity contribution is 6.28. The fraction of sp³-hybridized carbons (Fsp3) is 0. The number of halogens is 2. The highest BCUT2D eigenvalue weighted by Gasteiger charge is 2.12. The molecule has 0 aliphatic rings. The smallest absolute Gasteiger partial charge is 0.246 e. The highest BCUT2D eigenvalue weighted by Crippen LogP contribution is 2.24. The summed E-state index contributed by atoms with van der Waals surface area (Å²) in [5.41, 5.74) is 0.965. The first-order valence-electron chi connectivity index (χ1n) is 4.78. The monoisotopic (exact) mass is 249 g/mol. The van der Waals surface area contributed by atoms with Crippen LogP contribution in [0.1, 0.15) is 0 Å². The Kier molecular flexibility index (Phi) is 2.26. The minimum Gasteiger partial charge on any atom is -0.432 e. The molecule has 0 radical (unpaired) electrons. The van der Waals surface area contributed by atoms with E-state index >= 15 is 0 Å². The number of rotatable bonds is 1. The van der Waals surface area contributed by atoms with Gasteiger partial charge in [-0.1, -0.05) is 6.07 Å². The number of aromatic nitrogens is 3. The molecule has 0 unspecified atom stereocenters. The average Bonchev–Trinajstić information content (AvgIpc) is 2.74. The molecule has 0 N–H and O–H groups in total. The predicted molar refractivity (Wildman–Crippen MR) is 60.0 cm³/mol. The largest absolute Gasteiger partial charge is 0.432 e. The van der Waals surface area contributed by atoms with E-state index in [1.807, 2.05) is 0 Å². The zero-order valence-corrected chi connectivity index (χ0v) is 9.15. The molecule has 2 aromatic heterocycles. The van der Waals surface area contributed by atoms with Crippen LogP contribution in [-0.2, 0) is 0 Å². The fourth-order valence-corrected chi connectivity index (χ4v) is 1.63. The molecule has 17 heavy (non-hydrogen) atoms. The SMILES string of the molecule is Fc1cccc2nc(-c3ccnc(Cl)n3)oc12. The number of fused-ring (bicyclic) bond motifs is 1. The molecule has 0 amide bonds. The second kappa shape index (κ2) is 3.78. The summed E-state index contributed by atoms with van der Waals surface area (Å²) in [5.74, 6) is -0.240. The van der Waals surface area contributed by atoms with Gasteiger partial charge in [0.05, 0.1) is 0 Å². The first-order valence-corrected chi connectivity index (χ1v) is 5.16. The van der Waals surface area contributed by atoms with Gasteiger partial charge in [-0.3, -0.25) is 0 Å². The van der Waals surface area contributed by atoms with E-state index in [4.69, 9.17) is 16.0 Å². The van der Waals surface area contributed by atoms with Crippen LogP contribution in [0.15, 0.2) is 34.9 Å². The van der Waals surface area contributed by atoms with Crippen LogP contribution in [0.25, 0.3) is 22.7 Å². The van der Waals surface area contributed by atoms with E-state index in [1.54, 1.807) is 18.2 Å². The zero-order chi connectivity index (χ0) is 11.8. The van der Waals surface area contributed by atoms with Crippen LogP contribution in [0.4, 0.5) is 4.39 Å². The Balaban J connectivity index is 2.22.